The molecule has 8 rings (SSSR count). The number of rotatable bonds is 31. The third-order valence-corrected chi connectivity index (χ3v) is 19.6. The molecule has 0 spiro atoms. The van der Waals surface area contributed by atoms with Crippen molar-refractivity contribution in [1.82, 2.24) is 16.0 Å². The summed E-state index contributed by atoms with van der Waals surface area (Å²) in [5.41, 5.74) is 0. The molecule has 29 N–H and O–H groups in total. The summed E-state index contributed by atoms with van der Waals surface area (Å²) in [5, 5.41) is 291. The summed E-state index contributed by atoms with van der Waals surface area (Å²) in [4.78, 5) is 38.8. The van der Waals surface area contributed by atoms with Gasteiger partial charge in [-0.1, -0.05) is 0 Å². The van der Waals surface area contributed by atoms with Crippen LogP contribution in [0.25, 0.3) is 0 Å². The Morgan fingerprint density at radius 2 is 0.657 bits per heavy atom. The molecule has 0 radical (unpaired) electrons. The normalized spacial score (nSPS) is 47.3. The van der Waals surface area contributed by atoms with Crippen molar-refractivity contribution in [3.63, 3.8) is 0 Å². The van der Waals surface area contributed by atoms with Crippen molar-refractivity contribution in [3.8, 4) is 0 Å². The van der Waals surface area contributed by atoms with Crippen LogP contribution in [0.5, 0.6) is 0 Å². The molecule has 48 heteroatoms. The number of aliphatic hydroxyl groups is 26. The van der Waals surface area contributed by atoms with E-state index in [1.54, 1.807) is 0 Å². The Morgan fingerprint density at radius 3 is 1.15 bits per heavy atom. The predicted molar refractivity (Wildman–Crippen MR) is 333 cm³/mol. The van der Waals surface area contributed by atoms with Gasteiger partial charge >= 0.3 is 0 Å². The second-order valence-corrected chi connectivity index (χ2v) is 27.2. The second-order valence-electron chi connectivity index (χ2n) is 27.2. The number of carbonyl (C=O) groups is 3. The predicted octanol–water partition coefficient (Wildman–Crippen LogP) is -19.5. The first kappa shape index (κ1) is 90.3. The van der Waals surface area contributed by atoms with Gasteiger partial charge in [0.2, 0.25) is 17.7 Å². The molecule has 0 bridgehead atoms. The van der Waals surface area contributed by atoms with Crippen molar-refractivity contribution >= 4 is 17.7 Å². The molecule has 8 saturated heterocycles. The van der Waals surface area contributed by atoms with Gasteiger partial charge in [-0.05, 0) is 6.92 Å². The number of aliphatic hydroxyl groups excluding tert-OH is 26. The molecular formula is C60H103N3O45. The molecule has 8 heterocycles. The van der Waals surface area contributed by atoms with Gasteiger partial charge in [0.25, 0.3) is 0 Å². The van der Waals surface area contributed by atoms with E-state index < -0.39 is 347 Å². The van der Waals surface area contributed by atoms with Crippen LogP contribution in [0.15, 0.2) is 0 Å². The number of hydrogen-bond acceptors (Lipinski definition) is 45. The van der Waals surface area contributed by atoms with Crippen molar-refractivity contribution < 1.29 is 223 Å². The van der Waals surface area contributed by atoms with Crippen molar-refractivity contribution in [3.05, 3.63) is 0 Å². The van der Waals surface area contributed by atoms with Crippen LogP contribution in [0.2, 0.25) is 0 Å². The lowest BCUT2D eigenvalue weighted by molar-refractivity contribution is -0.389. The maximum atomic E-state index is 13.2. The Bertz CT molecular complexity index is 2770. The highest BCUT2D eigenvalue weighted by Gasteiger charge is 2.60. The first-order chi connectivity index (χ1) is 51.0. The Balaban J connectivity index is 1.06. The summed E-state index contributed by atoms with van der Waals surface area (Å²) >= 11 is 0. The maximum Gasteiger partial charge on any atom is 0.217 e. The topological polar surface area (TPSA) is 761 Å². The van der Waals surface area contributed by atoms with E-state index in [-0.39, 0.29) is 0 Å². The number of ether oxygens (including phenoxy) is 16. The van der Waals surface area contributed by atoms with Gasteiger partial charge in [0.05, 0.1) is 65.6 Å². The van der Waals surface area contributed by atoms with Crippen molar-refractivity contribution in [1.29, 1.82) is 0 Å². The van der Waals surface area contributed by atoms with Crippen LogP contribution >= 0.6 is 0 Å². The van der Waals surface area contributed by atoms with Gasteiger partial charge in [-0.25, -0.2) is 0 Å². The third kappa shape index (κ3) is 20.1. The summed E-state index contributed by atoms with van der Waals surface area (Å²) < 4.78 is 93.8. The minimum absolute atomic E-state index is 0.884. The average Bonchev–Trinajstić information content (AvgIpc) is 0.788. The molecule has 8 aliphatic rings. The van der Waals surface area contributed by atoms with E-state index in [1.165, 1.54) is 6.92 Å². The molecule has 0 aliphatic carbocycles. The minimum Gasteiger partial charge on any atom is -0.394 e. The molecule has 0 aromatic carbocycles. The summed E-state index contributed by atoms with van der Waals surface area (Å²) in [6.07, 6.45) is -83.8. The van der Waals surface area contributed by atoms with Crippen molar-refractivity contribution in [2.45, 2.75) is 298 Å². The number of carbonyl (C=O) groups excluding carboxylic acids is 3. The fourth-order valence-electron chi connectivity index (χ4n) is 13.6. The van der Waals surface area contributed by atoms with Gasteiger partial charge in [0.1, 0.15) is 213 Å². The van der Waals surface area contributed by atoms with E-state index in [9.17, 15) is 147 Å². The van der Waals surface area contributed by atoms with E-state index in [0.717, 1.165) is 20.8 Å². The largest absolute Gasteiger partial charge is 0.394 e. The molecule has 48 nitrogen and oxygen atoms in total. The first-order valence-corrected chi connectivity index (χ1v) is 34.4. The van der Waals surface area contributed by atoms with Crippen LogP contribution in [-0.2, 0) is 90.2 Å². The average molecular weight is 1590 g/mol. The molecule has 628 valence electrons. The number of hydrogen-bond donors (Lipinski definition) is 29. The highest BCUT2D eigenvalue weighted by Crippen LogP contribution is 2.39. The number of nitrogens with one attached hydrogen (secondary N) is 3. The standard InChI is InChI=1S/C60H103N3O45/c1-14-30(77)39(86)42(89)56(94-14)108-52-41(88)33(80)21(8-67)98-60(52)105-49-29(63-17(4)74)55(95-22(9-68)34(49)81)107-51-36(83)26(101-59(45(51)92)102-46(19(76)6-65)31(78)18(75)5-64)13-93-53-27(61-15(2)72)37(84)47(24(11-70)99-53)104-58-44(91)50(35(82)23(10-69)97-58)106-54-28(62-16(3)73)38(85)48(25(12-71)100-54)103-57-43(90)40(87)32(79)20(7-66)96-57/h14,18-60,64-71,75-92H,5-13H2,1-4H3,(H,61,72)(H,62,73)(H,63,74)/t14-,18-,19+,20+,21+,22+,23+,24+,25+,26+,27+,28+,29+,30+,31+,32-,33-,34+,35-,36-,37+,38+,39+,40-,41-,42-,43+,44+,45+,46+,47+,48+,49+,50-,51-,52+,53+,54-,55-,56-,57-,58-,59-,60-/m0/s1. The highest BCUT2D eigenvalue weighted by atomic mass is 16.8. The fourth-order valence-corrected chi connectivity index (χ4v) is 13.6. The Morgan fingerprint density at radius 1 is 0.315 bits per heavy atom. The van der Waals surface area contributed by atoms with E-state index in [1.807, 2.05) is 0 Å². The van der Waals surface area contributed by atoms with Crippen LogP contribution in [0.3, 0.4) is 0 Å². The zero-order chi connectivity index (χ0) is 79.9. The molecular weight excluding hydrogens is 1480 g/mol. The molecule has 0 unspecified atom stereocenters. The zero-order valence-electron chi connectivity index (χ0n) is 58.2. The van der Waals surface area contributed by atoms with Crippen LogP contribution in [0.4, 0.5) is 0 Å². The molecule has 0 aromatic heterocycles. The summed E-state index contributed by atoms with van der Waals surface area (Å²) in [7, 11) is 0. The molecule has 0 aromatic rings. The van der Waals surface area contributed by atoms with Gasteiger partial charge in [-0.15, -0.1) is 0 Å². The molecule has 0 saturated carbocycles. The van der Waals surface area contributed by atoms with Crippen LogP contribution in [0.1, 0.15) is 27.7 Å². The fraction of sp³-hybridized carbons (Fsp3) is 0.950. The number of amides is 3. The van der Waals surface area contributed by atoms with Crippen molar-refractivity contribution in [2.24, 2.45) is 0 Å². The van der Waals surface area contributed by atoms with Gasteiger partial charge in [-0.2, -0.15) is 0 Å². The minimum atomic E-state index is -2.49. The monoisotopic (exact) mass is 1590 g/mol. The quantitative estimate of drug-likeness (QED) is 0.0306. The lowest BCUT2D eigenvalue weighted by Gasteiger charge is -2.51. The van der Waals surface area contributed by atoms with E-state index in [4.69, 9.17) is 75.8 Å². The Kier molecular flexibility index (Phi) is 33.3. The summed E-state index contributed by atoms with van der Waals surface area (Å²) in [6, 6.07) is -5.73. The summed E-state index contributed by atoms with van der Waals surface area (Å²) in [6.45, 7) is -5.96. The van der Waals surface area contributed by atoms with E-state index in [0.29, 0.717) is 0 Å². The maximum absolute atomic E-state index is 13.2. The van der Waals surface area contributed by atoms with Gasteiger partial charge in [-0.3, -0.25) is 14.4 Å². The molecule has 8 aliphatic heterocycles. The molecule has 3 amide bonds. The Hall–Kier alpha value is -3.27. The van der Waals surface area contributed by atoms with Crippen LogP contribution < -0.4 is 16.0 Å². The molecule has 108 heavy (non-hydrogen) atoms. The van der Waals surface area contributed by atoms with Crippen LogP contribution in [-0.4, -0.2) is 480 Å². The lowest BCUT2D eigenvalue weighted by atomic mass is 9.94. The molecule has 44 atom stereocenters. The first-order valence-electron chi connectivity index (χ1n) is 34.4. The summed E-state index contributed by atoms with van der Waals surface area (Å²) in [5.74, 6) is -2.83. The highest BCUT2D eigenvalue weighted by molar-refractivity contribution is 5.74. The van der Waals surface area contributed by atoms with E-state index >= 15 is 0 Å². The van der Waals surface area contributed by atoms with Gasteiger partial charge in [0.15, 0.2) is 50.3 Å². The zero-order valence-corrected chi connectivity index (χ0v) is 58.2. The van der Waals surface area contributed by atoms with Gasteiger partial charge in [0, 0.05) is 20.8 Å². The third-order valence-electron chi connectivity index (χ3n) is 19.6. The van der Waals surface area contributed by atoms with E-state index in [2.05, 4.69) is 16.0 Å². The second kappa shape index (κ2) is 39.9. The van der Waals surface area contributed by atoms with Crippen LogP contribution in [0, 0.1) is 0 Å². The molecule has 8 fully saturated rings. The SMILES string of the molecule is CC(=O)N[C@H]1[C@H](O[C@H]2[C@@H](O)[C@@H](CO)O[C@@H](O[C@H]3[C@H](O)[C@@H](NC(C)=O)[C@H](OC[C@H]4O[C@@H](O[C@@H]([C@H](O)[C@@H](O)CO)[C@H](O)CO)[C@H](O)[C@@H](O[C@@H]5O[C@H](CO)[C@@H](O)[C@H](O[C@@H]6O[C@H](CO)[C@H](O)[C@H](O)[C@H]6O[C@@H]6O[C@@H](C)[C@@H](O)[C@@H](O)[C@@H]6O)[C@H]5NC(C)=O)[C@H]4O)O[C@@H]3CO)[C@@H]2O)O[C@H](CO)[C@@H](O[C@@H]2O[C@H](CO)[C@H](O)[C@H](O)[C@H]2O)[C@@H]1O. The Labute approximate surface area is 612 Å². The van der Waals surface area contributed by atoms with Gasteiger partial charge < -0.3 is 225 Å². The lowest BCUT2D eigenvalue weighted by Crippen LogP contribution is -2.70. The van der Waals surface area contributed by atoms with Crippen molar-refractivity contribution in [2.75, 3.05) is 59.5 Å². The smallest absolute Gasteiger partial charge is 0.217 e.